The lowest BCUT2D eigenvalue weighted by molar-refractivity contribution is -0.147. The van der Waals surface area contributed by atoms with Gasteiger partial charge in [0.1, 0.15) is 5.54 Å². The van der Waals surface area contributed by atoms with Crippen LogP contribution in [-0.2, 0) is 9.53 Å². The standard InChI is InChI=1S/C16H21BrClNO2/c1-3-11-5-4-8-16(10-11,15(20)21-2)19-12-6-7-14(18)13(17)9-12/h6-7,9,11,19H,3-5,8,10H2,1-2H3. The van der Waals surface area contributed by atoms with Gasteiger partial charge in [0.2, 0.25) is 0 Å². The largest absolute Gasteiger partial charge is 0.467 e. The molecule has 1 N–H and O–H groups in total. The molecule has 5 heteroatoms. The first-order valence-corrected chi connectivity index (χ1v) is 8.49. The van der Waals surface area contributed by atoms with Gasteiger partial charge in [-0.05, 0) is 52.9 Å². The third-order valence-electron chi connectivity index (χ3n) is 4.31. The predicted octanol–water partition coefficient (Wildman–Crippen LogP) is 5.03. The average Bonchev–Trinajstić information content (AvgIpc) is 2.50. The number of carbonyl (C=O) groups excluding carboxylic acids is 1. The lowest BCUT2D eigenvalue weighted by Crippen LogP contribution is -2.50. The molecule has 2 rings (SSSR count). The van der Waals surface area contributed by atoms with E-state index in [2.05, 4.69) is 28.2 Å². The molecule has 116 valence electrons. The lowest BCUT2D eigenvalue weighted by atomic mass is 9.74. The van der Waals surface area contributed by atoms with Gasteiger partial charge in [-0.15, -0.1) is 0 Å². The highest BCUT2D eigenvalue weighted by Crippen LogP contribution is 2.38. The predicted molar refractivity (Wildman–Crippen MR) is 89.8 cm³/mol. The first kappa shape index (κ1) is 16.6. The number of anilines is 1. The van der Waals surface area contributed by atoms with E-state index in [0.717, 1.165) is 35.8 Å². The van der Waals surface area contributed by atoms with Gasteiger partial charge in [0.15, 0.2) is 0 Å². The van der Waals surface area contributed by atoms with Crippen LogP contribution in [0.15, 0.2) is 22.7 Å². The van der Waals surface area contributed by atoms with Crippen LogP contribution >= 0.6 is 27.5 Å². The quantitative estimate of drug-likeness (QED) is 0.751. The summed E-state index contributed by atoms with van der Waals surface area (Å²) in [5.74, 6) is 0.382. The van der Waals surface area contributed by atoms with E-state index >= 15 is 0 Å². The molecule has 0 amide bonds. The summed E-state index contributed by atoms with van der Waals surface area (Å²) in [7, 11) is 1.46. The molecular formula is C16H21BrClNO2. The minimum atomic E-state index is -0.624. The van der Waals surface area contributed by atoms with Gasteiger partial charge in [-0.25, -0.2) is 4.79 Å². The third kappa shape index (κ3) is 3.72. The van der Waals surface area contributed by atoms with Crippen LogP contribution in [0.3, 0.4) is 0 Å². The summed E-state index contributed by atoms with van der Waals surface area (Å²) in [5, 5.41) is 4.07. The Morgan fingerprint density at radius 2 is 2.33 bits per heavy atom. The number of esters is 1. The Hall–Kier alpha value is -0.740. The molecule has 2 unspecified atom stereocenters. The van der Waals surface area contributed by atoms with Crippen molar-refractivity contribution in [2.45, 2.75) is 44.6 Å². The summed E-state index contributed by atoms with van der Waals surface area (Å²) in [5.41, 5.74) is 0.259. The summed E-state index contributed by atoms with van der Waals surface area (Å²) in [4.78, 5) is 12.4. The summed E-state index contributed by atoms with van der Waals surface area (Å²) in [6.45, 7) is 2.18. The van der Waals surface area contributed by atoms with Crippen molar-refractivity contribution < 1.29 is 9.53 Å². The van der Waals surface area contributed by atoms with Crippen molar-refractivity contribution >= 4 is 39.2 Å². The normalized spacial score (nSPS) is 25.4. The second-order valence-corrected chi connectivity index (χ2v) is 6.96. The highest BCUT2D eigenvalue weighted by molar-refractivity contribution is 9.10. The SMILES string of the molecule is CCC1CCCC(Nc2ccc(Cl)c(Br)c2)(C(=O)OC)C1. The van der Waals surface area contributed by atoms with Crippen LogP contribution in [0.1, 0.15) is 39.0 Å². The van der Waals surface area contributed by atoms with Crippen molar-refractivity contribution in [3.63, 3.8) is 0 Å². The number of benzene rings is 1. The van der Waals surface area contributed by atoms with Gasteiger partial charge in [0.25, 0.3) is 0 Å². The van der Waals surface area contributed by atoms with Gasteiger partial charge in [-0.3, -0.25) is 0 Å². The topological polar surface area (TPSA) is 38.3 Å². The number of halogens is 2. The van der Waals surface area contributed by atoms with Crippen LogP contribution in [0.4, 0.5) is 5.69 Å². The maximum Gasteiger partial charge on any atom is 0.331 e. The molecule has 1 aliphatic rings. The van der Waals surface area contributed by atoms with Crippen LogP contribution in [0.5, 0.6) is 0 Å². The first-order valence-electron chi connectivity index (χ1n) is 7.32. The second-order valence-electron chi connectivity index (χ2n) is 5.70. The van der Waals surface area contributed by atoms with E-state index in [9.17, 15) is 4.79 Å². The fourth-order valence-electron chi connectivity index (χ4n) is 3.13. The van der Waals surface area contributed by atoms with Gasteiger partial charge in [0.05, 0.1) is 12.1 Å². The number of methoxy groups -OCH3 is 1. The van der Waals surface area contributed by atoms with E-state index in [4.69, 9.17) is 16.3 Å². The summed E-state index contributed by atoms with van der Waals surface area (Å²) in [6, 6.07) is 5.62. The van der Waals surface area contributed by atoms with E-state index in [1.54, 1.807) is 0 Å². The van der Waals surface area contributed by atoms with Gasteiger partial charge in [-0.2, -0.15) is 0 Å². The molecule has 1 fully saturated rings. The maximum atomic E-state index is 12.4. The molecule has 0 bridgehead atoms. The van der Waals surface area contributed by atoms with Crippen molar-refractivity contribution in [2.75, 3.05) is 12.4 Å². The zero-order valence-corrected chi connectivity index (χ0v) is 14.8. The Morgan fingerprint density at radius 1 is 1.57 bits per heavy atom. The molecule has 21 heavy (non-hydrogen) atoms. The molecule has 3 nitrogen and oxygen atoms in total. The van der Waals surface area contributed by atoms with Crippen molar-refractivity contribution in [3.8, 4) is 0 Å². The number of hydrogen-bond acceptors (Lipinski definition) is 3. The van der Waals surface area contributed by atoms with E-state index in [1.807, 2.05) is 18.2 Å². The highest BCUT2D eigenvalue weighted by atomic mass is 79.9. The monoisotopic (exact) mass is 373 g/mol. The van der Waals surface area contributed by atoms with E-state index in [1.165, 1.54) is 13.5 Å². The van der Waals surface area contributed by atoms with Gasteiger partial charge >= 0.3 is 5.97 Å². The van der Waals surface area contributed by atoms with Gasteiger partial charge in [-0.1, -0.05) is 37.8 Å². The molecule has 1 aliphatic carbocycles. The van der Waals surface area contributed by atoms with Gasteiger partial charge in [0, 0.05) is 10.2 Å². The van der Waals surface area contributed by atoms with Crippen LogP contribution in [0, 0.1) is 5.92 Å². The van der Waals surface area contributed by atoms with Crippen molar-refractivity contribution in [2.24, 2.45) is 5.92 Å². The summed E-state index contributed by atoms with van der Waals surface area (Å²) < 4.78 is 5.89. The molecule has 1 aromatic rings. The van der Waals surface area contributed by atoms with Gasteiger partial charge < -0.3 is 10.1 Å². The zero-order chi connectivity index (χ0) is 15.5. The Morgan fingerprint density at radius 3 is 2.95 bits per heavy atom. The highest BCUT2D eigenvalue weighted by Gasteiger charge is 2.43. The van der Waals surface area contributed by atoms with Crippen LogP contribution in [-0.4, -0.2) is 18.6 Å². The molecule has 1 aromatic carbocycles. The minimum Gasteiger partial charge on any atom is -0.467 e. The fraction of sp³-hybridized carbons (Fsp3) is 0.562. The van der Waals surface area contributed by atoms with Crippen LogP contribution in [0.2, 0.25) is 5.02 Å². The zero-order valence-electron chi connectivity index (χ0n) is 12.4. The molecule has 0 radical (unpaired) electrons. The van der Waals surface area contributed by atoms with Crippen LogP contribution in [0.25, 0.3) is 0 Å². The van der Waals surface area contributed by atoms with Crippen LogP contribution < -0.4 is 5.32 Å². The van der Waals surface area contributed by atoms with Crippen molar-refractivity contribution in [1.29, 1.82) is 0 Å². The van der Waals surface area contributed by atoms with E-state index < -0.39 is 5.54 Å². The molecule has 0 saturated heterocycles. The molecule has 0 aliphatic heterocycles. The van der Waals surface area contributed by atoms with Crippen molar-refractivity contribution in [3.05, 3.63) is 27.7 Å². The number of carbonyl (C=O) groups is 1. The smallest absolute Gasteiger partial charge is 0.331 e. The molecular weight excluding hydrogens is 354 g/mol. The number of hydrogen-bond donors (Lipinski definition) is 1. The van der Waals surface area contributed by atoms with E-state index in [0.29, 0.717) is 10.9 Å². The Bertz CT molecular complexity index is 523. The Balaban J connectivity index is 2.27. The first-order chi connectivity index (χ1) is 10.0. The number of nitrogens with one attached hydrogen (secondary N) is 1. The molecule has 2 atom stereocenters. The molecule has 0 aromatic heterocycles. The summed E-state index contributed by atoms with van der Waals surface area (Å²) in [6.07, 6.45) is 4.92. The molecule has 0 spiro atoms. The third-order valence-corrected chi connectivity index (χ3v) is 5.52. The Kier molecular flexibility index (Phi) is 5.55. The maximum absolute atomic E-state index is 12.4. The average molecular weight is 375 g/mol. The second kappa shape index (κ2) is 7.01. The van der Waals surface area contributed by atoms with E-state index in [-0.39, 0.29) is 5.97 Å². The minimum absolute atomic E-state index is 0.174. The Labute approximate surface area is 139 Å². The number of rotatable bonds is 4. The summed E-state index contributed by atoms with van der Waals surface area (Å²) >= 11 is 9.45. The number of ether oxygens (including phenoxy) is 1. The molecule has 1 saturated carbocycles. The molecule has 0 heterocycles. The van der Waals surface area contributed by atoms with Crippen molar-refractivity contribution in [1.82, 2.24) is 0 Å². The fourth-order valence-corrected chi connectivity index (χ4v) is 3.63. The lowest BCUT2D eigenvalue weighted by Gasteiger charge is -2.39.